The molecule has 1 atom stereocenters. The van der Waals surface area contributed by atoms with Gasteiger partial charge in [0.15, 0.2) is 0 Å². The lowest BCUT2D eigenvalue weighted by Gasteiger charge is -2.14. The third-order valence-electron chi connectivity index (χ3n) is 2.50. The zero-order valence-corrected chi connectivity index (χ0v) is 9.65. The Kier molecular flexibility index (Phi) is 5.57. The maximum Gasteiger partial charge on any atom is 0.321 e. The minimum Gasteiger partial charge on any atom is -0.480 e. The molecule has 0 fully saturated rings. The van der Waals surface area contributed by atoms with Crippen molar-refractivity contribution in [2.24, 2.45) is 0 Å². The summed E-state index contributed by atoms with van der Waals surface area (Å²) in [4.78, 5) is 11.0. The van der Waals surface area contributed by atoms with Gasteiger partial charge in [0.25, 0.3) is 0 Å². The van der Waals surface area contributed by atoms with Gasteiger partial charge in [-0.2, -0.15) is 0 Å². The number of hydrogen-bond acceptors (Lipinski definition) is 2. The maximum atomic E-state index is 11.0. The number of benzene rings is 1. The molecule has 0 heterocycles. The van der Waals surface area contributed by atoms with Gasteiger partial charge < -0.3 is 10.4 Å². The summed E-state index contributed by atoms with van der Waals surface area (Å²) in [6.45, 7) is 2.86. The third-order valence-corrected chi connectivity index (χ3v) is 2.50. The summed E-state index contributed by atoms with van der Waals surface area (Å²) in [6, 6.07) is 9.23. The molecule has 0 unspecified atom stereocenters. The Morgan fingerprint density at radius 3 is 2.62 bits per heavy atom. The molecule has 0 spiro atoms. The van der Waals surface area contributed by atoms with Gasteiger partial charge in [-0.05, 0) is 24.9 Å². The number of rotatable bonds is 7. The van der Waals surface area contributed by atoms with Crippen molar-refractivity contribution < 1.29 is 9.90 Å². The maximum absolute atomic E-state index is 11.0. The molecular weight excluding hydrogens is 202 g/mol. The highest BCUT2D eigenvalue weighted by Crippen LogP contribution is 2.03. The second-order valence-corrected chi connectivity index (χ2v) is 3.89. The number of hydrogen-bond donors (Lipinski definition) is 2. The normalized spacial score (nSPS) is 12.3. The fraction of sp³-hybridized carbons (Fsp3) is 0.462. The number of carboxylic acids is 1. The van der Waals surface area contributed by atoms with Gasteiger partial charge in [-0.15, -0.1) is 0 Å². The van der Waals surface area contributed by atoms with E-state index >= 15 is 0 Å². The first kappa shape index (κ1) is 12.7. The second kappa shape index (κ2) is 7.01. The van der Waals surface area contributed by atoms with Gasteiger partial charge in [0.1, 0.15) is 6.04 Å². The largest absolute Gasteiger partial charge is 0.480 e. The third kappa shape index (κ3) is 4.45. The van der Waals surface area contributed by atoms with Crippen molar-refractivity contribution in [1.29, 1.82) is 0 Å². The average molecular weight is 221 g/mol. The van der Waals surface area contributed by atoms with Gasteiger partial charge in [0.05, 0.1) is 0 Å². The Morgan fingerprint density at radius 1 is 1.38 bits per heavy atom. The summed E-state index contributed by atoms with van der Waals surface area (Å²) in [7, 11) is 0. The van der Waals surface area contributed by atoms with E-state index in [0.29, 0.717) is 6.42 Å². The zero-order valence-electron chi connectivity index (χ0n) is 9.65. The average Bonchev–Trinajstić information content (AvgIpc) is 2.29. The number of aliphatic carboxylic acids is 1. The molecule has 0 aliphatic heterocycles. The fourth-order valence-corrected chi connectivity index (χ4v) is 1.55. The molecule has 16 heavy (non-hydrogen) atoms. The van der Waals surface area contributed by atoms with Gasteiger partial charge in [-0.1, -0.05) is 43.7 Å². The summed E-state index contributed by atoms with van der Waals surface area (Å²) in [5.41, 5.74) is 1.05. The first-order chi connectivity index (χ1) is 7.74. The minimum atomic E-state index is -0.778. The van der Waals surface area contributed by atoms with Crippen molar-refractivity contribution in [3.63, 3.8) is 0 Å². The number of carbonyl (C=O) groups is 1. The van der Waals surface area contributed by atoms with Crippen molar-refractivity contribution in [2.75, 3.05) is 6.54 Å². The summed E-state index contributed by atoms with van der Waals surface area (Å²) in [5, 5.41) is 12.1. The first-order valence-electron chi connectivity index (χ1n) is 5.74. The van der Waals surface area contributed by atoms with Crippen LogP contribution in [0.3, 0.4) is 0 Å². The molecule has 0 aliphatic carbocycles. The van der Waals surface area contributed by atoms with Crippen LogP contribution < -0.4 is 5.32 Å². The van der Waals surface area contributed by atoms with Crippen LogP contribution in [0.1, 0.15) is 25.3 Å². The van der Waals surface area contributed by atoms with Crippen LogP contribution in [0, 0.1) is 0 Å². The monoisotopic (exact) mass is 221 g/mol. The molecule has 3 heteroatoms. The van der Waals surface area contributed by atoms with Crippen LogP contribution in [-0.2, 0) is 11.2 Å². The zero-order chi connectivity index (χ0) is 11.8. The Labute approximate surface area is 96.5 Å². The number of nitrogens with one attached hydrogen (secondary N) is 1. The van der Waals surface area contributed by atoms with Crippen LogP contribution in [0.5, 0.6) is 0 Å². The smallest absolute Gasteiger partial charge is 0.321 e. The lowest BCUT2D eigenvalue weighted by Crippen LogP contribution is -2.39. The predicted molar refractivity (Wildman–Crippen MR) is 64.5 cm³/mol. The van der Waals surface area contributed by atoms with E-state index in [1.165, 1.54) is 0 Å². The lowest BCUT2D eigenvalue weighted by atomic mass is 10.1. The van der Waals surface area contributed by atoms with E-state index in [1.807, 2.05) is 30.3 Å². The summed E-state index contributed by atoms with van der Waals surface area (Å²) >= 11 is 0. The van der Waals surface area contributed by atoms with E-state index < -0.39 is 12.0 Å². The molecule has 0 bridgehead atoms. The molecule has 88 valence electrons. The van der Waals surface area contributed by atoms with Crippen LogP contribution in [0.15, 0.2) is 30.3 Å². The summed E-state index contributed by atoms with van der Waals surface area (Å²) in [6.07, 6.45) is 2.63. The number of carboxylic acid groups (broad SMARTS) is 1. The molecule has 0 radical (unpaired) electrons. The van der Waals surface area contributed by atoms with Gasteiger partial charge in [0, 0.05) is 0 Å². The number of unbranched alkanes of at least 4 members (excludes halogenated alkanes) is 1. The Hall–Kier alpha value is -1.35. The first-order valence-corrected chi connectivity index (χ1v) is 5.74. The van der Waals surface area contributed by atoms with Gasteiger partial charge in [-0.25, -0.2) is 0 Å². The molecule has 3 nitrogen and oxygen atoms in total. The summed E-state index contributed by atoms with van der Waals surface area (Å²) < 4.78 is 0. The van der Waals surface area contributed by atoms with E-state index in [2.05, 4.69) is 12.2 Å². The molecule has 1 aromatic carbocycles. The van der Waals surface area contributed by atoms with Crippen molar-refractivity contribution >= 4 is 5.97 Å². The molecule has 0 aliphatic rings. The highest BCUT2D eigenvalue weighted by atomic mass is 16.4. The van der Waals surface area contributed by atoms with Crippen molar-refractivity contribution in [3.05, 3.63) is 35.9 Å². The summed E-state index contributed by atoms with van der Waals surface area (Å²) in [5.74, 6) is -0.778. The standard InChI is InChI=1S/C13H19NO2/c1-2-3-9-14-12(13(15)16)10-11-7-5-4-6-8-11/h4-8,12,14H,2-3,9-10H2,1H3,(H,15,16)/t12-/m0/s1. The fourth-order valence-electron chi connectivity index (χ4n) is 1.55. The molecular formula is C13H19NO2. The molecule has 0 saturated heterocycles. The second-order valence-electron chi connectivity index (χ2n) is 3.89. The van der Waals surface area contributed by atoms with E-state index in [-0.39, 0.29) is 0 Å². The molecule has 0 aromatic heterocycles. The van der Waals surface area contributed by atoms with Gasteiger partial charge >= 0.3 is 5.97 Å². The van der Waals surface area contributed by atoms with E-state index in [4.69, 9.17) is 5.11 Å². The van der Waals surface area contributed by atoms with Crippen LogP contribution in [0.25, 0.3) is 0 Å². The molecule has 2 N–H and O–H groups in total. The van der Waals surface area contributed by atoms with Crippen LogP contribution in [0.2, 0.25) is 0 Å². The topological polar surface area (TPSA) is 49.3 Å². The van der Waals surface area contributed by atoms with Crippen LogP contribution in [0.4, 0.5) is 0 Å². The highest BCUT2D eigenvalue weighted by molar-refractivity contribution is 5.73. The van der Waals surface area contributed by atoms with Gasteiger partial charge in [0.2, 0.25) is 0 Å². The lowest BCUT2D eigenvalue weighted by molar-refractivity contribution is -0.139. The molecule has 0 saturated carbocycles. The van der Waals surface area contributed by atoms with E-state index in [9.17, 15) is 4.79 Å². The Bertz CT molecular complexity index is 311. The minimum absolute atomic E-state index is 0.478. The van der Waals surface area contributed by atoms with Crippen molar-refractivity contribution in [1.82, 2.24) is 5.32 Å². The van der Waals surface area contributed by atoms with Crippen LogP contribution >= 0.6 is 0 Å². The van der Waals surface area contributed by atoms with Crippen molar-refractivity contribution in [3.8, 4) is 0 Å². The molecule has 1 rings (SSSR count). The van der Waals surface area contributed by atoms with E-state index in [1.54, 1.807) is 0 Å². The van der Waals surface area contributed by atoms with Crippen molar-refractivity contribution in [2.45, 2.75) is 32.2 Å². The SMILES string of the molecule is CCCCN[C@@H](Cc1ccccc1)C(=O)O. The Morgan fingerprint density at radius 2 is 2.06 bits per heavy atom. The molecule has 1 aromatic rings. The van der Waals surface area contributed by atoms with E-state index in [0.717, 1.165) is 24.9 Å². The Balaban J connectivity index is 2.48. The predicted octanol–water partition coefficient (Wildman–Crippen LogP) is 2.07. The van der Waals surface area contributed by atoms with Crippen LogP contribution in [-0.4, -0.2) is 23.7 Å². The quantitative estimate of drug-likeness (QED) is 0.693. The van der Waals surface area contributed by atoms with Gasteiger partial charge in [-0.3, -0.25) is 4.79 Å². The molecule has 0 amide bonds. The highest BCUT2D eigenvalue weighted by Gasteiger charge is 2.16.